The number of benzene rings is 1. The summed E-state index contributed by atoms with van der Waals surface area (Å²) in [5, 5.41) is 3.23. The topological polar surface area (TPSA) is 99.3 Å². The third-order valence-electron chi connectivity index (χ3n) is 3.82. The van der Waals surface area contributed by atoms with Gasteiger partial charge in [-0.25, -0.2) is 13.1 Å². The average molecular weight is 369 g/mol. The van der Waals surface area contributed by atoms with E-state index in [1.807, 2.05) is 20.8 Å². The van der Waals surface area contributed by atoms with Gasteiger partial charge in [-0.15, -0.1) is 0 Å². The second kappa shape index (κ2) is 8.64. The Kier molecular flexibility index (Phi) is 6.80. The molecule has 140 valence electrons. The van der Waals surface area contributed by atoms with Gasteiger partial charge in [0.15, 0.2) is 0 Å². The molecule has 1 amide bonds. The van der Waals surface area contributed by atoms with Gasteiger partial charge in [-0.2, -0.15) is 0 Å². The second-order valence-corrected chi connectivity index (χ2v) is 8.41. The molecule has 25 heavy (non-hydrogen) atoms. The number of hydrogen-bond donors (Lipinski definition) is 4. The van der Waals surface area contributed by atoms with E-state index in [4.69, 9.17) is 0 Å². The van der Waals surface area contributed by atoms with Crippen molar-refractivity contribution in [3.05, 3.63) is 24.3 Å². The van der Waals surface area contributed by atoms with Crippen molar-refractivity contribution in [2.45, 2.75) is 69.5 Å². The first-order valence-electron chi connectivity index (χ1n) is 8.76. The Bertz CT molecular complexity index is 670. The summed E-state index contributed by atoms with van der Waals surface area (Å²) in [6.45, 7) is 6.03. The van der Waals surface area contributed by atoms with Gasteiger partial charge in [-0.05, 0) is 43.5 Å². The fraction of sp³-hybridized carbons (Fsp3) is 0.588. The molecule has 1 aromatic rings. The van der Waals surface area contributed by atoms with Gasteiger partial charge < -0.3 is 5.32 Å². The number of amides is 1. The molecule has 1 fully saturated rings. The van der Waals surface area contributed by atoms with Crippen molar-refractivity contribution in [1.29, 1.82) is 0 Å². The molecular weight excluding hydrogens is 340 g/mol. The molecule has 1 aliphatic rings. The lowest BCUT2D eigenvalue weighted by Gasteiger charge is -2.20. The van der Waals surface area contributed by atoms with E-state index in [-0.39, 0.29) is 28.9 Å². The molecule has 0 heterocycles. The summed E-state index contributed by atoms with van der Waals surface area (Å²) in [5.74, 6) is -0.136. The minimum Gasteiger partial charge on any atom is -0.304 e. The maximum atomic E-state index is 12.3. The minimum absolute atomic E-state index is 0.0750. The lowest BCUT2D eigenvalue weighted by Crippen LogP contribution is -2.48. The lowest BCUT2D eigenvalue weighted by molar-refractivity contribution is -0.123. The number of carbonyl (C=O) groups excluding carboxylic acids is 1. The molecule has 0 aromatic heterocycles. The molecule has 1 unspecified atom stereocenters. The molecule has 0 spiro atoms. The van der Waals surface area contributed by atoms with Crippen LogP contribution in [0, 0.1) is 0 Å². The smallest absolute Gasteiger partial charge is 0.255 e. The van der Waals surface area contributed by atoms with Crippen molar-refractivity contribution in [2.75, 3.05) is 5.43 Å². The predicted octanol–water partition coefficient (Wildman–Crippen LogP) is 1.74. The van der Waals surface area contributed by atoms with Crippen LogP contribution in [0.4, 0.5) is 5.69 Å². The number of hydrogen-bond acceptors (Lipinski definition) is 5. The number of hydrazine groups is 1. The molecular formula is C17H28N4O3S. The zero-order chi connectivity index (χ0) is 18.4. The van der Waals surface area contributed by atoms with Gasteiger partial charge in [-0.1, -0.05) is 27.2 Å². The highest BCUT2D eigenvalue weighted by molar-refractivity contribution is 7.89. The first-order valence-corrected chi connectivity index (χ1v) is 10.2. The zero-order valence-electron chi connectivity index (χ0n) is 15.0. The Morgan fingerprint density at radius 2 is 1.84 bits per heavy atom. The van der Waals surface area contributed by atoms with Crippen molar-refractivity contribution in [1.82, 2.24) is 15.5 Å². The Balaban J connectivity index is 1.90. The molecule has 2 rings (SSSR count). The average Bonchev–Trinajstić information content (AvgIpc) is 3.35. The molecule has 1 atom stereocenters. The molecule has 7 nitrogen and oxygen atoms in total. The van der Waals surface area contributed by atoms with Crippen LogP contribution in [0.3, 0.4) is 0 Å². The maximum absolute atomic E-state index is 12.3. The van der Waals surface area contributed by atoms with E-state index in [1.54, 1.807) is 12.1 Å². The molecule has 0 aliphatic heterocycles. The van der Waals surface area contributed by atoms with E-state index in [0.717, 1.165) is 25.7 Å². The van der Waals surface area contributed by atoms with Crippen molar-refractivity contribution < 1.29 is 13.2 Å². The third-order valence-corrected chi connectivity index (χ3v) is 5.36. The van der Waals surface area contributed by atoms with Crippen LogP contribution in [-0.2, 0) is 14.8 Å². The molecule has 1 aromatic carbocycles. The molecule has 1 aliphatic carbocycles. The Hall–Kier alpha value is -1.64. The van der Waals surface area contributed by atoms with Crippen molar-refractivity contribution >= 4 is 21.6 Å². The van der Waals surface area contributed by atoms with E-state index in [0.29, 0.717) is 5.69 Å². The van der Waals surface area contributed by atoms with Crippen LogP contribution < -0.4 is 20.9 Å². The summed E-state index contributed by atoms with van der Waals surface area (Å²) in [6.07, 6.45) is 3.44. The van der Waals surface area contributed by atoms with Crippen molar-refractivity contribution in [2.24, 2.45) is 0 Å². The summed E-state index contributed by atoms with van der Waals surface area (Å²) in [4.78, 5) is 12.5. The van der Waals surface area contributed by atoms with Crippen LogP contribution in [0.25, 0.3) is 0 Å². The maximum Gasteiger partial charge on any atom is 0.255 e. The van der Waals surface area contributed by atoms with E-state index >= 15 is 0 Å². The van der Waals surface area contributed by atoms with Crippen LogP contribution in [-0.4, -0.2) is 32.5 Å². The molecule has 1 saturated carbocycles. The number of nitrogens with one attached hydrogen (secondary N) is 4. The molecule has 0 saturated heterocycles. The standard InChI is InChI=1S/C17H28N4O3S/c1-4-5-16(18-12(2)3)17(22)20-19-13-8-10-15(11-9-13)25(23,24)21-14-6-7-14/h8-12,14,16,18-19,21H,4-7H2,1-3H3,(H,20,22). The SMILES string of the molecule is CCCC(NC(C)C)C(=O)NNc1ccc(S(=O)(=O)NC2CC2)cc1. The fourth-order valence-electron chi connectivity index (χ4n) is 2.41. The monoisotopic (exact) mass is 368 g/mol. The third kappa shape index (κ3) is 6.30. The summed E-state index contributed by atoms with van der Waals surface area (Å²) in [6, 6.07) is 6.33. The second-order valence-electron chi connectivity index (χ2n) is 6.70. The van der Waals surface area contributed by atoms with Crippen molar-refractivity contribution in [3.8, 4) is 0 Å². The van der Waals surface area contributed by atoms with E-state index in [9.17, 15) is 13.2 Å². The molecule has 8 heteroatoms. The van der Waals surface area contributed by atoms with Crippen LogP contribution in [0.15, 0.2) is 29.2 Å². The number of sulfonamides is 1. The first kappa shape index (κ1) is 19.7. The number of anilines is 1. The zero-order valence-corrected chi connectivity index (χ0v) is 15.8. The summed E-state index contributed by atoms with van der Waals surface area (Å²) >= 11 is 0. The Labute approximate surface area is 150 Å². The van der Waals surface area contributed by atoms with Gasteiger partial charge in [0, 0.05) is 12.1 Å². The largest absolute Gasteiger partial charge is 0.304 e. The van der Waals surface area contributed by atoms with E-state index in [1.165, 1.54) is 12.1 Å². The molecule has 0 bridgehead atoms. The van der Waals surface area contributed by atoms with Crippen LogP contribution in [0.5, 0.6) is 0 Å². The van der Waals surface area contributed by atoms with Crippen molar-refractivity contribution in [3.63, 3.8) is 0 Å². The number of rotatable bonds is 10. The Morgan fingerprint density at radius 3 is 2.36 bits per heavy atom. The van der Waals surface area contributed by atoms with Crippen LogP contribution in [0.1, 0.15) is 46.5 Å². The highest BCUT2D eigenvalue weighted by atomic mass is 32.2. The highest BCUT2D eigenvalue weighted by Crippen LogP contribution is 2.22. The van der Waals surface area contributed by atoms with Gasteiger partial charge in [-0.3, -0.25) is 15.6 Å². The summed E-state index contributed by atoms with van der Waals surface area (Å²) < 4.78 is 26.9. The number of carbonyl (C=O) groups is 1. The van der Waals surface area contributed by atoms with Gasteiger partial charge in [0.05, 0.1) is 16.6 Å². The van der Waals surface area contributed by atoms with Crippen LogP contribution >= 0.6 is 0 Å². The van der Waals surface area contributed by atoms with Gasteiger partial charge in [0.25, 0.3) is 5.91 Å². The van der Waals surface area contributed by atoms with Gasteiger partial charge in [0.1, 0.15) is 0 Å². The predicted molar refractivity (Wildman–Crippen MR) is 98.5 cm³/mol. The van der Waals surface area contributed by atoms with Gasteiger partial charge >= 0.3 is 0 Å². The minimum atomic E-state index is -3.45. The molecule has 4 N–H and O–H groups in total. The quantitative estimate of drug-likeness (QED) is 0.472. The van der Waals surface area contributed by atoms with Crippen LogP contribution in [0.2, 0.25) is 0 Å². The fourth-order valence-corrected chi connectivity index (χ4v) is 3.71. The lowest BCUT2D eigenvalue weighted by atomic mass is 10.1. The summed E-state index contributed by atoms with van der Waals surface area (Å²) in [5.41, 5.74) is 6.13. The summed E-state index contributed by atoms with van der Waals surface area (Å²) in [7, 11) is -3.45. The molecule has 0 radical (unpaired) electrons. The highest BCUT2D eigenvalue weighted by Gasteiger charge is 2.27. The first-order chi connectivity index (χ1) is 11.8. The van der Waals surface area contributed by atoms with Gasteiger partial charge in [0.2, 0.25) is 10.0 Å². The van der Waals surface area contributed by atoms with E-state index in [2.05, 4.69) is 20.9 Å². The van der Waals surface area contributed by atoms with E-state index < -0.39 is 10.0 Å². The normalized spacial score (nSPS) is 15.8. The Morgan fingerprint density at radius 1 is 1.20 bits per heavy atom.